The van der Waals surface area contributed by atoms with Crippen LogP contribution in [-0.2, 0) is 20.7 Å². The molecule has 2 aliphatic heterocycles. The number of carbonyl (C=O) groups excluding carboxylic acids is 1. The number of carbonyl (C=O) groups is 1. The minimum atomic E-state index is -0.428. The summed E-state index contributed by atoms with van der Waals surface area (Å²) in [7, 11) is -0.428. The second-order valence-electron chi connectivity index (χ2n) is 10.9. The summed E-state index contributed by atoms with van der Waals surface area (Å²) in [6, 6.07) is 14.0. The van der Waals surface area contributed by atoms with Crippen molar-refractivity contribution in [2.75, 3.05) is 18.4 Å². The van der Waals surface area contributed by atoms with Crippen molar-refractivity contribution in [2.45, 2.75) is 71.3 Å². The van der Waals surface area contributed by atoms with E-state index in [9.17, 15) is 4.79 Å². The number of rotatable bonds is 5. The number of benzene rings is 1. The molecule has 1 aromatic heterocycles. The maximum absolute atomic E-state index is 12.7. The maximum atomic E-state index is 12.7. The molecule has 1 amide bonds. The van der Waals surface area contributed by atoms with Crippen molar-refractivity contribution in [3.05, 3.63) is 53.7 Å². The van der Waals surface area contributed by atoms with Crippen LogP contribution in [0, 0.1) is 12.3 Å². The van der Waals surface area contributed by atoms with Crippen LogP contribution in [0.1, 0.15) is 51.8 Å². The summed E-state index contributed by atoms with van der Waals surface area (Å²) in [4.78, 5) is 19.4. The van der Waals surface area contributed by atoms with Gasteiger partial charge in [-0.1, -0.05) is 36.4 Å². The first-order valence-corrected chi connectivity index (χ1v) is 12.1. The Kier molecular flexibility index (Phi) is 5.64. The smallest absolute Gasteiger partial charge is 0.445 e. The van der Waals surface area contributed by atoms with Gasteiger partial charge < -0.3 is 24.3 Å². The molecule has 34 heavy (non-hydrogen) atoms. The molecule has 1 aliphatic carbocycles. The summed E-state index contributed by atoms with van der Waals surface area (Å²) < 4.78 is 18.0. The summed E-state index contributed by atoms with van der Waals surface area (Å²) in [5.74, 6) is 0.813. The Hall–Kier alpha value is -2.58. The highest BCUT2D eigenvalue weighted by Gasteiger charge is 2.56. The fourth-order valence-corrected chi connectivity index (χ4v) is 4.83. The van der Waals surface area contributed by atoms with E-state index >= 15 is 0 Å². The van der Waals surface area contributed by atoms with E-state index < -0.39 is 7.12 Å². The Morgan fingerprint density at radius 1 is 1.12 bits per heavy atom. The van der Waals surface area contributed by atoms with E-state index in [1.165, 1.54) is 0 Å². The van der Waals surface area contributed by atoms with Crippen LogP contribution in [0.3, 0.4) is 0 Å². The average Bonchev–Trinajstić information content (AvgIpc) is 3.42. The van der Waals surface area contributed by atoms with E-state index in [0.29, 0.717) is 13.2 Å². The third-order valence-electron chi connectivity index (χ3n) is 7.96. The lowest BCUT2D eigenvalue weighted by atomic mass is 9.78. The molecule has 1 aromatic carbocycles. The Morgan fingerprint density at radius 2 is 1.79 bits per heavy atom. The molecule has 5 rings (SSSR count). The molecule has 8 heteroatoms. The highest BCUT2D eigenvalue weighted by molar-refractivity contribution is 6.62. The molecular weight excluding hydrogens is 429 g/mol. The third kappa shape index (κ3) is 4.29. The molecule has 2 aromatic rings. The third-order valence-corrected chi connectivity index (χ3v) is 7.96. The quantitative estimate of drug-likeness (QED) is 0.679. The highest BCUT2D eigenvalue weighted by atomic mass is 16.7. The van der Waals surface area contributed by atoms with Gasteiger partial charge in [-0.3, -0.25) is 0 Å². The molecule has 1 saturated carbocycles. The number of aromatic nitrogens is 1. The van der Waals surface area contributed by atoms with Crippen LogP contribution in [0.4, 0.5) is 10.6 Å². The number of ether oxygens (including phenoxy) is 1. The number of anilines is 1. The van der Waals surface area contributed by atoms with Crippen molar-refractivity contribution in [2.24, 2.45) is 5.41 Å². The zero-order valence-corrected chi connectivity index (χ0v) is 20.8. The molecule has 3 heterocycles. The molecule has 1 N–H and O–H groups in total. The van der Waals surface area contributed by atoms with Gasteiger partial charge >= 0.3 is 13.2 Å². The second-order valence-corrected chi connectivity index (χ2v) is 10.9. The van der Waals surface area contributed by atoms with Gasteiger partial charge in [0.15, 0.2) is 0 Å². The Bertz CT molecular complexity index is 1050. The number of nitrogens with zero attached hydrogens (tertiary/aromatic N) is 2. The zero-order chi connectivity index (χ0) is 24.1. The standard InChI is InChI=1S/C26H34BN3O4/c1-18-20(27-33-24(2,3)25(4,5)34-27)11-12-22(28-18)29-21-15-30(17-26(21)13-14-26)23(31)32-16-19-9-7-6-8-10-19/h6-12,21H,13-17H2,1-5H3,(H,28,29)/t21-/m1/s1. The molecule has 0 bridgehead atoms. The number of likely N-dealkylation sites (tertiary alicyclic amines) is 1. The van der Waals surface area contributed by atoms with E-state index in [4.69, 9.17) is 19.0 Å². The van der Waals surface area contributed by atoms with Crippen molar-refractivity contribution in [3.63, 3.8) is 0 Å². The van der Waals surface area contributed by atoms with E-state index in [2.05, 4.69) is 33.0 Å². The number of aryl methyl sites for hydroxylation is 1. The van der Waals surface area contributed by atoms with E-state index in [1.54, 1.807) is 0 Å². The maximum Gasteiger partial charge on any atom is 0.496 e. The van der Waals surface area contributed by atoms with E-state index in [1.807, 2.05) is 54.3 Å². The molecule has 2 saturated heterocycles. The Morgan fingerprint density at radius 3 is 2.41 bits per heavy atom. The second kappa shape index (κ2) is 8.27. The number of nitrogens with one attached hydrogen (secondary N) is 1. The fourth-order valence-electron chi connectivity index (χ4n) is 4.83. The van der Waals surface area contributed by atoms with Gasteiger partial charge in [0.2, 0.25) is 0 Å². The topological polar surface area (TPSA) is 72.9 Å². The first-order chi connectivity index (χ1) is 16.1. The minimum Gasteiger partial charge on any atom is -0.445 e. The van der Waals surface area contributed by atoms with Gasteiger partial charge in [-0.2, -0.15) is 0 Å². The molecule has 3 fully saturated rings. The van der Waals surface area contributed by atoms with Gasteiger partial charge in [0, 0.05) is 29.7 Å². The fraction of sp³-hybridized carbons (Fsp3) is 0.538. The molecule has 180 valence electrons. The lowest BCUT2D eigenvalue weighted by molar-refractivity contribution is 0.00578. The summed E-state index contributed by atoms with van der Waals surface area (Å²) in [6.07, 6.45) is 1.97. The van der Waals surface area contributed by atoms with Gasteiger partial charge in [-0.15, -0.1) is 0 Å². The largest absolute Gasteiger partial charge is 0.496 e. The predicted octanol–water partition coefficient (Wildman–Crippen LogP) is 3.90. The van der Waals surface area contributed by atoms with Crippen molar-refractivity contribution in [1.82, 2.24) is 9.88 Å². The number of pyridine rings is 1. The first-order valence-electron chi connectivity index (χ1n) is 12.1. The van der Waals surface area contributed by atoms with Gasteiger partial charge in [-0.05, 0) is 59.1 Å². The highest BCUT2D eigenvalue weighted by Crippen LogP contribution is 2.53. The minimum absolute atomic E-state index is 0.117. The van der Waals surface area contributed by atoms with Crippen LogP contribution >= 0.6 is 0 Å². The predicted molar refractivity (Wildman–Crippen MR) is 132 cm³/mol. The van der Waals surface area contributed by atoms with Gasteiger partial charge in [0.05, 0.1) is 17.2 Å². The SMILES string of the molecule is Cc1nc(N[C@@H]2CN(C(=O)OCc3ccccc3)CC23CC3)ccc1B1OC(C)(C)C(C)(C)O1. The summed E-state index contributed by atoms with van der Waals surface area (Å²) in [5.41, 5.74) is 2.16. The summed E-state index contributed by atoms with van der Waals surface area (Å²) >= 11 is 0. The summed E-state index contributed by atoms with van der Waals surface area (Å²) in [5, 5.41) is 3.60. The first kappa shape index (κ1) is 23.2. The molecule has 0 unspecified atom stereocenters. The van der Waals surface area contributed by atoms with E-state index in [-0.39, 0.29) is 28.8 Å². The molecule has 1 atom stereocenters. The van der Waals surface area contributed by atoms with Gasteiger partial charge in [0.25, 0.3) is 0 Å². The summed E-state index contributed by atoms with van der Waals surface area (Å²) in [6.45, 7) is 11.8. The number of hydrogen-bond acceptors (Lipinski definition) is 6. The Balaban J connectivity index is 1.22. The normalized spacial score (nSPS) is 23.9. The lowest BCUT2D eigenvalue weighted by Gasteiger charge is -2.32. The number of hydrogen-bond donors (Lipinski definition) is 1. The van der Waals surface area contributed by atoms with Crippen molar-refractivity contribution in [1.29, 1.82) is 0 Å². The van der Waals surface area contributed by atoms with Crippen LogP contribution in [0.15, 0.2) is 42.5 Å². The monoisotopic (exact) mass is 463 g/mol. The van der Waals surface area contributed by atoms with Crippen molar-refractivity contribution in [3.8, 4) is 0 Å². The van der Waals surface area contributed by atoms with Crippen LogP contribution in [0.25, 0.3) is 0 Å². The van der Waals surface area contributed by atoms with Crippen LogP contribution in [0.2, 0.25) is 0 Å². The zero-order valence-electron chi connectivity index (χ0n) is 20.8. The lowest BCUT2D eigenvalue weighted by Crippen LogP contribution is -2.41. The van der Waals surface area contributed by atoms with Gasteiger partial charge in [-0.25, -0.2) is 9.78 Å². The molecule has 0 radical (unpaired) electrons. The molecule has 7 nitrogen and oxygen atoms in total. The van der Waals surface area contributed by atoms with E-state index in [0.717, 1.165) is 41.9 Å². The number of amides is 1. The van der Waals surface area contributed by atoms with Crippen molar-refractivity contribution < 1.29 is 18.8 Å². The molecule has 3 aliphatic rings. The Labute approximate surface area is 202 Å². The van der Waals surface area contributed by atoms with Gasteiger partial charge in [0.1, 0.15) is 12.4 Å². The van der Waals surface area contributed by atoms with Crippen LogP contribution < -0.4 is 10.8 Å². The van der Waals surface area contributed by atoms with Crippen molar-refractivity contribution >= 4 is 24.5 Å². The molecule has 1 spiro atoms. The average molecular weight is 463 g/mol. The molecular formula is C26H34BN3O4. The van der Waals surface area contributed by atoms with Crippen LogP contribution in [-0.4, -0.2) is 53.4 Å². The van der Waals surface area contributed by atoms with Crippen LogP contribution in [0.5, 0.6) is 0 Å².